The lowest BCUT2D eigenvalue weighted by Gasteiger charge is -2.38. The summed E-state index contributed by atoms with van der Waals surface area (Å²) in [4.78, 5) is 4.30. The maximum Gasteiger partial charge on any atom is 0.105 e. The van der Waals surface area contributed by atoms with Crippen molar-refractivity contribution in [2.75, 3.05) is 6.54 Å². The topological polar surface area (TPSA) is 29.9 Å². The number of imidazole rings is 1. The van der Waals surface area contributed by atoms with Crippen LogP contribution in [0, 0.1) is 12.8 Å². The molecule has 0 aromatic carbocycles. The van der Waals surface area contributed by atoms with Gasteiger partial charge in [-0.15, -0.1) is 0 Å². The highest BCUT2D eigenvalue weighted by Crippen LogP contribution is 2.39. The predicted octanol–water partition coefficient (Wildman–Crippen LogP) is 1.89. The molecule has 1 aromatic rings. The van der Waals surface area contributed by atoms with Gasteiger partial charge in [-0.2, -0.15) is 0 Å². The Morgan fingerprint density at radius 3 is 2.80 bits per heavy atom. The summed E-state index contributed by atoms with van der Waals surface area (Å²) in [6, 6.07) is 1.55. The Kier molecular flexibility index (Phi) is 2.28. The maximum atomic E-state index is 4.30. The fourth-order valence-corrected chi connectivity index (χ4v) is 2.50. The van der Waals surface area contributed by atoms with Gasteiger partial charge in [0.2, 0.25) is 0 Å². The van der Waals surface area contributed by atoms with Crippen LogP contribution in [0.25, 0.3) is 0 Å². The Bertz CT molecular complexity index is 340. The highest BCUT2D eigenvalue weighted by molar-refractivity contribution is 4.98. The van der Waals surface area contributed by atoms with E-state index >= 15 is 0 Å². The van der Waals surface area contributed by atoms with Crippen molar-refractivity contribution in [1.82, 2.24) is 14.9 Å². The first-order valence-corrected chi connectivity index (χ1v) is 6.07. The van der Waals surface area contributed by atoms with Gasteiger partial charge in [-0.25, -0.2) is 4.98 Å². The van der Waals surface area contributed by atoms with E-state index in [1.165, 1.54) is 32.2 Å². The fourth-order valence-electron chi connectivity index (χ4n) is 2.50. The normalized spacial score (nSPS) is 30.2. The molecule has 0 spiro atoms. The van der Waals surface area contributed by atoms with E-state index in [0.29, 0.717) is 6.04 Å². The molecule has 0 bridgehead atoms. The number of hydrogen-bond donors (Lipinski definition) is 1. The van der Waals surface area contributed by atoms with Crippen molar-refractivity contribution in [3.8, 4) is 0 Å². The van der Waals surface area contributed by atoms with Crippen molar-refractivity contribution in [2.24, 2.45) is 5.92 Å². The van der Waals surface area contributed by atoms with Crippen molar-refractivity contribution in [3.05, 3.63) is 18.2 Å². The SMILES string of the molecule is Cc1nccn1C1CCC1CNC1CC1. The molecule has 2 saturated carbocycles. The first-order chi connectivity index (χ1) is 7.34. The van der Waals surface area contributed by atoms with Gasteiger partial charge in [-0.05, 0) is 38.5 Å². The molecular weight excluding hydrogens is 186 g/mol. The molecule has 82 valence electrons. The van der Waals surface area contributed by atoms with Crippen molar-refractivity contribution < 1.29 is 0 Å². The zero-order valence-corrected chi connectivity index (χ0v) is 9.32. The molecule has 2 atom stereocenters. The van der Waals surface area contributed by atoms with Gasteiger partial charge < -0.3 is 9.88 Å². The molecule has 3 rings (SSSR count). The molecule has 3 heteroatoms. The zero-order chi connectivity index (χ0) is 10.3. The number of nitrogens with zero attached hydrogens (tertiary/aromatic N) is 2. The summed E-state index contributed by atoms with van der Waals surface area (Å²) in [5.74, 6) is 2.00. The quantitative estimate of drug-likeness (QED) is 0.813. The zero-order valence-electron chi connectivity index (χ0n) is 9.32. The summed E-state index contributed by atoms with van der Waals surface area (Å²) in [7, 11) is 0. The Morgan fingerprint density at radius 2 is 2.27 bits per heavy atom. The third-order valence-electron chi connectivity index (χ3n) is 3.84. The molecule has 1 heterocycles. The summed E-state index contributed by atoms with van der Waals surface area (Å²) < 4.78 is 2.35. The maximum absolute atomic E-state index is 4.30. The molecule has 0 amide bonds. The highest BCUT2D eigenvalue weighted by atomic mass is 15.1. The number of aryl methyl sites for hydroxylation is 1. The first kappa shape index (κ1) is 9.40. The lowest BCUT2D eigenvalue weighted by molar-refractivity contribution is 0.174. The smallest absolute Gasteiger partial charge is 0.105 e. The molecule has 0 aliphatic heterocycles. The Balaban J connectivity index is 1.59. The molecule has 0 radical (unpaired) electrons. The van der Waals surface area contributed by atoms with Crippen LogP contribution < -0.4 is 5.32 Å². The van der Waals surface area contributed by atoms with Crippen molar-refractivity contribution in [3.63, 3.8) is 0 Å². The van der Waals surface area contributed by atoms with Crippen LogP contribution in [0.3, 0.4) is 0 Å². The van der Waals surface area contributed by atoms with E-state index < -0.39 is 0 Å². The Hall–Kier alpha value is -0.830. The van der Waals surface area contributed by atoms with Crippen LogP contribution in [-0.4, -0.2) is 22.1 Å². The summed E-state index contributed by atoms with van der Waals surface area (Å²) in [6.07, 6.45) is 9.53. The standard InChI is InChI=1S/C12H19N3/c1-9-13-6-7-15(9)12-5-2-10(12)8-14-11-3-4-11/h6-7,10-12,14H,2-5,8H2,1H3. The molecule has 15 heavy (non-hydrogen) atoms. The van der Waals surface area contributed by atoms with Crippen LogP contribution in [0.15, 0.2) is 12.4 Å². The third kappa shape index (κ3) is 1.81. The first-order valence-electron chi connectivity index (χ1n) is 6.07. The van der Waals surface area contributed by atoms with E-state index in [-0.39, 0.29) is 0 Å². The van der Waals surface area contributed by atoms with Crippen molar-refractivity contribution >= 4 is 0 Å². The second kappa shape index (κ2) is 3.63. The average molecular weight is 205 g/mol. The van der Waals surface area contributed by atoms with Crippen LogP contribution in [0.2, 0.25) is 0 Å². The lowest BCUT2D eigenvalue weighted by Crippen LogP contribution is -2.37. The van der Waals surface area contributed by atoms with Gasteiger partial charge in [0.25, 0.3) is 0 Å². The van der Waals surface area contributed by atoms with Gasteiger partial charge in [0.05, 0.1) is 0 Å². The highest BCUT2D eigenvalue weighted by Gasteiger charge is 2.33. The molecular formula is C12H19N3. The second-order valence-corrected chi connectivity index (χ2v) is 4.97. The lowest BCUT2D eigenvalue weighted by atomic mass is 9.79. The monoisotopic (exact) mass is 205 g/mol. The molecule has 1 aromatic heterocycles. The number of rotatable bonds is 4. The molecule has 3 nitrogen and oxygen atoms in total. The minimum atomic E-state index is 0.707. The molecule has 1 N–H and O–H groups in total. The summed E-state index contributed by atoms with van der Waals surface area (Å²) in [5, 5.41) is 3.64. The number of aromatic nitrogens is 2. The fraction of sp³-hybridized carbons (Fsp3) is 0.750. The second-order valence-electron chi connectivity index (χ2n) is 4.97. The van der Waals surface area contributed by atoms with Gasteiger partial charge >= 0.3 is 0 Å². The predicted molar refractivity (Wildman–Crippen MR) is 59.7 cm³/mol. The van der Waals surface area contributed by atoms with E-state index in [1.54, 1.807) is 0 Å². The minimum Gasteiger partial charge on any atom is -0.332 e. The Labute approximate surface area is 90.9 Å². The van der Waals surface area contributed by atoms with Gasteiger partial charge in [0.1, 0.15) is 5.82 Å². The minimum absolute atomic E-state index is 0.707. The van der Waals surface area contributed by atoms with Crippen LogP contribution in [-0.2, 0) is 0 Å². The summed E-state index contributed by atoms with van der Waals surface area (Å²) in [6.45, 7) is 3.30. The van der Waals surface area contributed by atoms with Crippen molar-refractivity contribution in [1.29, 1.82) is 0 Å². The van der Waals surface area contributed by atoms with Crippen LogP contribution in [0.1, 0.15) is 37.5 Å². The number of nitrogens with one attached hydrogen (secondary N) is 1. The molecule has 2 aliphatic carbocycles. The largest absolute Gasteiger partial charge is 0.332 e. The molecule has 2 unspecified atom stereocenters. The number of hydrogen-bond acceptors (Lipinski definition) is 2. The van der Waals surface area contributed by atoms with Crippen LogP contribution in [0.5, 0.6) is 0 Å². The summed E-state index contributed by atoms with van der Waals surface area (Å²) >= 11 is 0. The van der Waals surface area contributed by atoms with E-state index in [1.807, 2.05) is 6.20 Å². The van der Waals surface area contributed by atoms with E-state index in [0.717, 1.165) is 17.8 Å². The van der Waals surface area contributed by atoms with Crippen LogP contribution in [0.4, 0.5) is 0 Å². The van der Waals surface area contributed by atoms with Gasteiger partial charge in [-0.3, -0.25) is 0 Å². The van der Waals surface area contributed by atoms with Crippen molar-refractivity contribution in [2.45, 2.75) is 44.7 Å². The van der Waals surface area contributed by atoms with Gasteiger partial charge in [0.15, 0.2) is 0 Å². The van der Waals surface area contributed by atoms with E-state index in [9.17, 15) is 0 Å². The van der Waals surface area contributed by atoms with E-state index in [4.69, 9.17) is 0 Å². The third-order valence-corrected chi connectivity index (χ3v) is 3.84. The summed E-state index contributed by atoms with van der Waals surface area (Å²) in [5.41, 5.74) is 0. The van der Waals surface area contributed by atoms with Crippen LogP contribution >= 0.6 is 0 Å². The molecule has 2 fully saturated rings. The molecule has 2 aliphatic rings. The van der Waals surface area contributed by atoms with E-state index in [2.05, 4.69) is 28.0 Å². The average Bonchev–Trinajstić information content (AvgIpc) is 2.91. The van der Waals surface area contributed by atoms with Gasteiger partial charge in [-0.1, -0.05) is 0 Å². The van der Waals surface area contributed by atoms with Gasteiger partial charge in [0, 0.05) is 31.0 Å². The Morgan fingerprint density at radius 1 is 1.40 bits per heavy atom. The molecule has 0 saturated heterocycles.